The average molecular weight is 271 g/mol. The maximum Gasteiger partial charge on any atom is 0.402 e. The summed E-state index contributed by atoms with van der Waals surface area (Å²) in [4.78, 5) is 8.78. The van der Waals surface area contributed by atoms with Gasteiger partial charge in [-0.15, -0.1) is 0 Å². The molecular weight excluding hydrogens is 242 g/mol. The number of carboxylic acid groups (broad SMARTS) is 1. The van der Waals surface area contributed by atoms with Crippen molar-refractivity contribution in [1.29, 1.82) is 0 Å². The number of primary amides is 1. The van der Waals surface area contributed by atoms with E-state index < -0.39 is 6.09 Å². The van der Waals surface area contributed by atoms with Crippen LogP contribution in [0.1, 0.15) is 70.6 Å². The lowest BCUT2D eigenvalue weighted by atomic mass is 9.69. The van der Waals surface area contributed by atoms with Crippen molar-refractivity contribution in [1.82, 2.24) is 0 Å². The molecule has 5 nitrogen and oxygen atoms in total. The number of carbonyl (C=O) groups is 1. The quantitative estimate of drug-likeness (QED) is 0.616. The van der Waals surface area contributed by atoms with Gasteiger partial charge in [-0.25, -0.2) is 4.79 Å². The summed E-state index contributed by atoms with van der Waals surface area (Å²) in [6.07, 6.45) is 12.5. The Balaban J connectivity index is 0.000000399. The molecule has 0 radical (unpaired) electrons. The van der Waals surface area contributed by atoms with Gasteiger partial charge in [-0.3, -0.25) is 0 Å². The maximum absolute atomic E-state index is 8.78. The summed E-state index contributed by atoms with van der Waals surface area (Å²) in [6, 6.07) is 0. The predicted octanol–water partition coefficient (Wildman–Crippen LogP) is 2.32. The molecule has 0 heterocycles. The van der Waals surface area contributed by atoms with Crippen LogP contribution < -0.4 is 17.2 Å². The molecule has 2 fully saturated rings. The van der Waals surface area contributed by atoms with Crippen molar-refractivity contribution in [3.05, 3.63) is 0 Å². The molecule has 2 aliphatic rings. The highest BCUT2D eigenvalue weighted by Crippen LogP contribution is 2.37. The first-order valence-corrected chi connectivity index (χ1v) is 7.42. The first kappa shape index (κ1) is 16.2. The molecule has 2 rings (SSSR count). The highest BCUT2D eigenvalue weighted by Gasteiger charge is 2.37. The van der Waals surface area contributed by atoms with Gasteiger partial charge >= 0.3 is 6.09 Å². The Morgan fingerprint density at radius 3 is 1.37 bits per heavy atom. The van der Waals surface area contributed by atoms with Gasteiger partial charge in [-0.1, -0.05) is 38.5 Å². The standard InChI is InChI=1S/C13H26N2.CH3NO2/c14-12(7-3-1-4-8-12)11-13(15)9-5-2-6-10-13;2-1(3)4/h1-11,14-15H2;2H2,(H,3,4). The fourth-order valence-electron chi connectivity index (χ4n) is 3.57. The highest BCUT2D eigenvalue weighted by atomic mass is 16.4. The zero-order valence-electron chi connectivity index (χ0n) is 11.9. The van der Waals surface area contributed by atoms with Gasteiger partial charge in [0.1, 0.15) is 0 Å². The monoisotopic (exact) mass is 271 g/mol. The van der Waals surface area contributed by atoms with Gasteiger partial charge < -0.3 is 22.3 Å². The van der Waals surface area contributed by atoms with E-state index in [-0.39, 0.29) is 11.1 Å². The predicted molar refractivity (Wildman–Crippen MR) is 76.8 cm³/mol. The third-order valence-corrected chi connectivity index (χ3v) is 4.40. The molecule has 2 saturated carbocycles. The molecule has 0 bridgehead atoms. The van der Waals surface area contributed by atoms with Crippen LogP contribution in [0.5, 0.6) is 0 Å². The Bertz CT molecular complexity index is 256. The fraction of sp³-hybridized carbons (Fsp3) is 0.929. The molecule has 0 aliphatic heterocycles. The molecule has 0 aromatic carbocycles. The van der Waals surface area contributed by atoms with Crippen LogP contribution in [0, 0.1) is 0 Å². The van der Waals surface area contributed by atoms with Crippen molar-refractivity contribution < 1.29 is 9.90 Å². The van der Waals surface area contributed by atoms with E-state index >= 15 is 0 Å². The van der Waals surface area contributed by atoms with E-state index in [0.717, 1.165) is 6.42 Å². The average Bonchev–Trinajstić information content (AvgIpc) is 2.28. The molecule has 0 aromatic heterocycles. The van der Waals surface area contributed by atoms with Crippen LogP contribution in [-0.2, 0) is 0 Å². The van der Waals surface area contributed by atoms with Crippen molar-refractivity contribution in [3.63, 3.8) is 0 Å². The summed E-state index contributed by atoms with van der Waals surface area (Å²) in [6.45, 7) is 0. The molecule has 1 amide bonds. The molecule has 5 heteroatoms. The van der Waals surface area contributed by atoms with E-state index in [2.05, 4.69) is 5.73 Å². The molecule has 7 N–H and O–H groups in total. The molecule has 2 aliphatic carbocycles. The second kappa shape index (κ2) is 7.10. The fourth-order valence-corrected chi connectivity index (χ4v) is 3.57. The van der Waals surface area contributed by atoms with Crippen molar-refractivity contribution >= 4 is 6.09 Å². The zero-order chi connectivity index (χ0) is 14.4. The molecule has 0 atom stereocenters. The molecule has 0 saturated heterocycles. The lowest BCUT2D eigenvalue weighted by Crippen LogP contribution is -2.53. The summed E-state index contributed by atoms with van der Waals surface area (Å²) in [7, 11) is 0. The summed E-state index contributed by atoms with van der Waals surface area (Å²) in [5.74, 6) is 0. The van der Waals surface area contributed by atoms with Gasteiger partial charge in [-0.05, 0) is 32.1 Å². The van der Waals surface area contributed by atoms with E-state index in [1.165, 1.54) is 64.2 Å². The Hall–Kier alpha value is -0.810. The van der Waals surface area contributed by atoms with E-state index in [1.54, 1.807) is 0 Å². The molecular formula is C14H29N3O2. The summed E-state index contributed by atoms with van der Waals surface area (Å²) in [5, 5.41) is 7.19. The van der Waals surface area contributed by atoms with Gasteiger partial charge in [0, 0.05) is 11.1 Å². The van der Waals surface area contributed by atoms with Crippen molar-refractivity contribution in [3.8, 4) is 0 Å². The van der Waals surface area contributed by atoms with Gasteiger partial charge in [0.15, 0.2) is 0 Å². The van der Waals surface area contributed by atoms with Crippen LogP contribution in [0.4, 0.5) is 4.79 Å². The molecule has 0 aromatic rings. The lowest BCUT2D eigenvalue weighted by Gasteiger charge is -2.43. The minimum Gasteiger partial charge on any atom is -0.465 e. The lowest BCUT2D eigenvalue weighted by molar-refractivity contribution is 0.178. The van der Waals surface area contributed by atoms with Crippen molar-refractivity contribution in [2.75, 3.05) is 0 Å². The minimum absolute atomic E-state index is 0.0738. The summed E-state index contributed by atoms with van der Waals surface area (Å²) < 4.78 is 0. The number of hydrogen-bond donors (Lipinski definition) is 4. The number of hydrogen-bond acceptors (Lipinski definition) is 3. The van der Waals surface area contributed by atoms with Crippen LogP contribution in [-0.4, -0.2) is 22.3 Å². The van der Waals surface area contributed by atoms with Crippen LogP contribution >= 0.6 is 0 Å². The summed E-state index contributed by atoms with van der Waals surface area (Å²) >= 11 is 0. The first-order chi connectivity index (χ1) is 8.85. The Labute approximate surface area is 115 Å². The van der Waals surface area contributed by atoms with Gasteiger partial charge in [0.05, 0.1) is 0 Å². The second-order valence-corrected chi connectivity index (χ2v) is 6.36. The van der Waals surface area contributed by atoms with Gasteiger partial charge in [-0.2, -0.15) is 0 Å². The Morgan fingerprint density at radius 2 is 1.11 bits per heavy atom. The van der Waals surface area contributed by atoms with E-state index in [9.17, 15) is 0 Å². The molecule has 112 valence electrons. The van der Waals surface area contributed by atoms with Crippen LogP contribution in [0.3, 0.4) is 0 Å². The Kier molecular flexibility index (Phi) is 6.07. The largest absolute Gasteiger partial charge is 0.465 e. The van der Waals surface area contributed by atoms with Crippen LogP contribution in [0.15, 0.2) is 0 Å². The molecule has 0 unspecified atom stereocenters. The SMILES string of the molecule is NC(=O)O.NC1(CC2(N)CCCCC2)CCCCC1. The van der Waals surface area contributed by atoms with Crippen LogP contribution in [0.2, 0.25) is 0 Å². The van der Waals surface area contributed by atoms with E-state index in [0.29, 0.717) is 0 Å². The highest BCUT2D eigenvalue weighted by molar-refractivity contribution is 5.61. The summed E-state index contributed by atoms with van der Waals surface area (Å²) in [5.41, 5.74) is 17.2. The normalized spacial score (nSPS) is 24.9. The number of nitrogens with two attached hydrogens (primary N) is 3. The van der Waals surface area contributed by atoms with Crippen molar-refractivity contribution in [2.45, 2.75) is 81.7 Å². The van der Waals surface area contributed by atoms with Gasteiger partial charge in [0.25, 0.3) is 0 Å². The Morgan fingerprint density at radius 1 is 0.842 bits per heavy atom. The first-order valence-electron chi connectivity index (χ1n) is 7.42. The van der Waals surface area contributed by atoms with Gasteiger partial charge in [0.2, 0.25) is 0 Å². The zero-order valence-corrected chi connectivity index (χ0v) is 11.9. The number of amides is 1. The number of rotatable bonds is 2. The third kappa shape index (κ3) is 6.25. The molecule has 0 spiro atoms. The second-order valence-electron chi connectivity index (χ2n) is 6.36. The van der Waals surface area contributed by atoms with Crippen molar-refractivity contribution in [2.24, 2.45) is 17.2 Å². The smallest absolute Gasteiger partial charge is 0.402 e. The minimum atomic E-state index is -1.33. The van der Waals surface area contributed by atoms with Crippen LogP contribution in [0.25, 0.3) is 0 Å². The van der Waals surface area contributed by atoms with E-state index in [4.69, 9.17) is 21.4 Å². The topological polar surface area (TPSA) is 115 Å². The van der Waals surface area contributed by atoms with E-state index in [1.807, 2.05) is 0 Å². The third-order valence-electron chi connectivity index (χ3n) is 4.40. The maximum atomic E-state index is 8.78. The molecule has 19 heavy (non-hydrogen) atoms.